The Kier molecular flexibility index (Phi) is 3.15. The highest BCUT2D eigenvalue weighted by Gasteiger charge is 2.17. The number of phenols is 3. The van der Waals surface area contributed by atoms with Crippen molar-refractivity contribution in [3.63, 3.8) is 0 Å². The summed E-state index contributed by atoms with van der Waals surface area (Å²) in [6.45, 7) is 0. The van der Waals surface area contributed by atoms with Gasteiger partial charge in [-0.25, -0.2) is 4.79 Å². The molecule has 0 amide bonds. The number of carbonyl (C=O) groups is 1. The molecule has 2 aromatic rings. The van der Waals surface area contributed by atoms with E-state index in [1.807, 2.05) is 0 Å². The molecule has 0 aliphatic rings. The van der Waals surface area contributed by atoms with Crippen molar-refractivity contribution in [2.45, 2.75) is 0 Å². The number of hydrogen-bond acceptors (Lipinski definition) is 6. The Bertz CT molecular complexity index is 639. The summed E-state index contributed by atoms with van der Waals surface area (Å²) in [7, 11) is 0. The Balaban J connectivity index is 2.31. The molecule has 0 aliphatic heterocycles. The van der Waals surface area contributed by atoms with Crippen molar-refractivity contribution in [1.82, 2.24) is 0 Å². The maximum atomic E-state index is 11.8. The maximum Gasteiger partial charge on any atom is 0.347 e. The summed E-state index contributed by atoms with van der Waals surface area (Å²) in [6.07, 6.45) is 0. The van der Waals surface area contributed by atoms with Crippen LogP contribution in [0.5, 0.6) is 23.0 Å². The summed E-state index contributed by atoms with van der Waals surface area (Å²) < 4.78 is 4.91. The average molecular weight is 261 g/mol. The molecule has 2 aromatic carbocycles. The lowest BCUT2D eigenvalue weighted by Crippen LogP contribution is -2.09. The molecule has 0 atom stereocenters. The van der Waals surface area contributed by atoms with Crippen molar-refractivity contribution in [2.24, 2.45) is 0 Å². The number of nitrogens with two attached hydrogens (primary N) is 1. The minimum absolute atomic E-state index is 0.132. The summed E-state index contributed by atoms with van der Waals surface area (Å²) in [6, 6.07) is 7.88. The molecule has 0 saturated heterocycles. The molecule has 0 unspecified atom stereocenters. The van der Waals surface area contributed by atoms with Crippen molar-refractivity contribution in [3.8, 4) is 23.0 Å². The summed E-state index contributed by atoms with van der Waals surface area (Å²) in [5.41, 5.74) is 5.59. The lowest BCUT2D eigenvalue weighted by atomic mass is 10.2. The molecule has 5 N–H and O–H groups in total. The van der Waals surface area contributed by atoms with Gasteiger partial charge in [0.15, 0.2) is 23.0 Å². The fourth-order valence-corrected chi connectivity index (χ4v) is 1.46. The molecule has 0 saturated carbocycles. The van der Waals surface area contributed by atoms with E-state index in [2.05, 4.69) is 0 Å². The van der Waals surface area contributed by atoms with Crippen LogP contribution in [0.1, 0.15) is 10.4 Å². The first kappa shape index (κ1) is 12.6. The molecule has 0 bridgehead atoms. The maximum absolute atomic E-state index is 11.8. The zero-order chi connectivity index (χ0) is 14.0. The fourth-order valence-electron chi connectivity index (χ4n) is 1.46. The molecule has 0 fully saturated rings. The number of benzene rings is 2. The van der Waals surface area contributed by atoms with Gasteiger partial charge in [0.1, 0.15) is 5.56 Å². The van der Waals surface area contributed by atoms with Crippen LogP contribution >= 0.6 is 0 Å². The van der Waals surface area contributed by atoms with Gasteiger partial charge in [0.2, 0.25) is 0 Å². The summed E-state index contributed by atoms with van der Waals surface area (Å²) in [5, 5.41) is 28.3. The number of carbonyl (C=O) groups excluding carboxylic acids is 1. The molecule has 2 rings (SSSR count). The zero-order valence-corrected chi connectivity index (χ0v) is 9.70. The third kappa shape index (κ3) is 2.52. The van der Waals surface area contributed by atoms with E-state index in [1.165, 1.54) is 36.4 Å². The van der Waals surface area contributed by atoms with E-state index < -0.39 is 17.5 Å². The van der Waals surface area contributed by atoms with Crippen LogP contribution in [0, 0.1) is 0 Å². The van der Waals surface area contributed by atoms with Gasteiger partial charge in [0.05, 0.1) is 0 Å². The minimum Gasteiger partial charge on any atom is -0.504 e. The van der Waals surface area contributed by atoms with Gasteiger partial charge in [-0.2, -0.15) is 0 Å². The van der Waals surface area contributed by atoms with E-state index in [9.17, 15) is 20.1 Å². The number of anilines is 1. The van der Waals surface area contributed by atoms with Crippen molar-refractivity contribution < 1.29 is 24.9 Å². The van der Waals surface area contributed by atoms with Crippen LogP contribution in [0.2, 0.25) is 0 Å². The van der Waals surface area contributed by atoms with Gasteiger partial charge in [-0.3, -0.25) is 0 Å². The first-order chi connectivity index (χ1) is 8.99. The number of para-hydroxylation sites is 1. The van der Waals surface area contributed by atoms with Crippen LogP contribution < -0.4 is 10.5 Å². The quantitative estimate of drug-likeness (QED) is 0.215. The SMILES string of the molecule is Nc1ccc(O)c(OC(=O)c2cccc(O)c2O)c1. The smallest absolute Gasteiger partial charge is 0.347 e. The van der Waals surface area contributed by atoms with Crippen molar-refractivity contribution in [2.75, 3.05) is 5.73 Å². The van der Waals surface area contributed by atoms with Gasteiger partial charge in [0, 0.05) is 11.8 Å². The Labute approximate surface area is 108 Å². The monoisotopic (exact) mass is 261 g/mol. The van der Waals surface area contributed by atoms with E-state index in [0.717, 1.165) is 0 Å². The van der Waals surface area contributed by atoms with Gasteiger partial charge in [-0.15, -0.1) is 0 Å². The van der Waals surface area contributed by atoms with Gasteiger partial charge >= 0.3 is 5.97 Å². The number of hydrogen-bond donors (Lipinski definition) is 4. The molecule has 19 heavy (non-hydrogen) atoms. The van der Waals surface area contributed by atoms with Gasteiger partial charge in [-0.05, 0) is 24.3 Å². The van der Waals surface area contributed by atoms with Crippen LogP contribution in [0.3, 0.4) is 0 Å². The topological polar surface area (TPSA) is 113 Å². The van der Waals surface area contributed by atoms with Crippen molar-refractivity contribution >= 4 is 11.7 Å². The van der Waals surface area contributed by atoms with E-state index in [4.69, 9.17) is 10.5 Å². The molecule has 98 valence electrons. The molecule has 6 heteroatoms. The number of phenolic OH excluding ortho intramolecular Hbond substituents is 3. The van der Waals surface area contributed by atoms with Gasteiger partial charge < -0.3 is 25.8 Å². The first-order valence-corrected chi connectivity index (χ1v) is 5.30. The standard InChI is InChI=1S/C13H11NO5/c14-7-4-5-9(15)11(6-7)19-13(18)8-2-1-3-10(16)12(8)17/h1-6,15-17H,14H2. The van der Waals surface area contributed by atoms with E-state index in [1.54, 1.807) is 0 Å². The number of aromatic hydroxyl groups is 3. The Morgan fingerprint density at radius 3 is 2.53 bits per heavy atom. The Morgan fingerprint density at radius 2 is 1.79 bits per heavy atom. The fraction of sp³-hybridized carbons (Fsp3) is 0. The first-order valence-electron chi connectivity index (χ1n) is 5.30. The lowest BCUT2D eigenvalue weighted by Gasteiger charge is -2.08. The molecule has 0 spiro atoms. The van der Waals surface area contributed by atoms with E-state index >= 15 is 0 Å². The third-order valence-corrected chi connectivity index (χ3v) is 2.42. The van der Waals surface area contributed by atoms with Crippen LogP contribution in [0.15, 0.2) is 36.4 Å². The average Bonchev–Trinajstić information content (AvgIpc) is 2.37. The van der Waals surface area contributed by atoms with Crippen LogP contribution in [-0.4, -0.2) is 21.3 Å². The summed E-state index contributed by atoms with van der Waals surface area (Å²) >= 11 is 0. The second-order valence-corrected chi connectivity index (χ2v) is 3.79. The van der Waals surface area contributed by atoms with Crippen molar-refractivity contribution in [3.05, 3.63) is 42.0 Å². The molecule has 6 nitrogen and oxygen atoms in total. The second-order valence-electron chi connectivity index (χ2n) is 3.79. The lowest BCUT2D eigenvalue weighted by molar-refractivity contribution is 0.0726. The number of rotatable bonds is 2. The number of ether oxygens (including phenoxy) is 1. The highest BCUT2D eigenvalue weighted by molar-refractivity contribution is 5.95. The van der Waals surface area contributed by atoms with E-state index in [-0.39, 0.29) is 17.1 Å². The molecule has 0 aliphatic carbocycles. The highest BCUT2D eigenvalue weighted by Crippen LogP contribution is 2.32. The van der Waals surface area contributed by atoms with E-state index in [0.29, 0.717) is 5.69 Å². The zero-order valence-electron chi connectivity index (χ0n) is 9.70. The summed E-state index contributed by atoms with van der Waals surface area (Å²) in [4.78, 5) is 11.8. The van der Waals surface area contributed by atoms with Crippen LogP contribution in [0.4, 0.5) is 5.69 Å². The Morgan fingerprint density at radius 1 is 1.05 bits per heavy atom. The number of esters is 1. The molecule has 0 radical (unpaired) electrons. The predicted octanol–water partition coefficient (Wildman–Crippen LogP) is 1.60. The summed E-state index contributed by atoms with van der Waals surface area (Å²) in [5.74, 6) is -2.34. The highest BCUT2D eigenvalue weighted by atomic mass is 16.5. The van der Waals surface area contributed by atoms with Crippen molar-refractivity contribution in [1.29, 1.82) is 0 Å². The van der Waals surface area contributed by atoms with Gasteiger partial charge in [-0.1, -0.05) is 6.07 Å². The van der Waals surface area contributed by atoms with Gasteiger partial charge in [0.25, 0.3) is 0 Å². The second kappa shape index (κ2) is 4.77. The molecular formula is C13H11NO5. The predicted molar refractivity (Wildman–Crippen MR) is 67.2 cm³/mol. The normalized spacial score (nSPS) is 10.1. The Hall–Kier alpha value is -2.89. The number of nitrogen functional groups attached to an aromatic ring is 1. The van der Waals surface area contributed by atoms with Crippen LogP contribution in [0.25, 0.3) is 0 Å². The molecule has 0 heterocycles. The minimum atomic E-state index is -0.922. The third-order valence-electron chi connectivity index (χ3n) is 2.42. The largest absolute Gasteiger partial charge is 0.504 e. The van der Waals surface area contributed by atoms with Crippen LogP contribution in [-0.2, 0) is 0 Å². The molecule has 0 aromatic heterocycles. The molecular weight excluding hydrogens is 250 g/mol.